The number of carbonyl (C=O) groups excluding carboxylic acids is 1. The number of ether oxygens (including phenoxy) is 2. The number of amides is 2. The Labute approximate surface area is 123 Å². The van der Waals surface area contributed by atoms with Crippen LogP contribution in [0.5, 0.6) is 0 Å². The fourth-order valence-corrected chi connectivity index (χ4v) is 2.66. The quantitative estimate of drug-likeness (QED) is 0.640. The standard InChI is InChI=1S/C13H22N2O6/c1-8-5-15(6-10(7-16)20-8)13(19)14-4-9-2-3-11(21-9)12(17)18/h8-11,16H,2-7H2,1H3,(H,14,19)(H,17,18). The summed E-state index contributed by atoms with van der Waals surface area (Å²) in [6.45, 7) is 2.82. The molecule has 4 unspecified atom stereocenters. The molecule has 2 aliphatic heterocycles. The van der Waals surface area contributed by atoms with E-state index < -0.39 is 12.1 Å². The molecule has 2 heterocycles. The summed E-state index contributed by atoms with van der Waals surface area (Å²) in [6, 6.07) is -0.244. The lowest BCUT2D eigenvalue weighted by molar-refractivity contribution is -0.149. The van der Waals surface area contributed by atoms with Crippen molar-refractivity contribution in [1.29, 1.82) is 0 Å². The molecule has 0 spiro atoms. The van der Waals surface area contributed by atoms with Gasteiger partial charge in [0.05, 0.1) is 31.5 Å². The first-order valence-corrected chi connectivity index (χ1v) is 7.17. The Bertz CT molecular complexity index is 391. The Morgan fingerprint density at radius 1 is 1.24 bits per heavy atom. The van der Waals surface area contributed by atoms with Gasteiger partial charge in [-0.1, -0.05) is 0 Å². The Hall–Kier alpha value is -1.38. The lowest BCUT2D eigenvalue weighted by Gasteiger charge is -2.36. The maximum Gasteiger partial charge on any atom is 0.332 e. The van der Waals surface area contributed by atoms with Crippen LogP contribution < -0.4 is 5.32 Å². The monoisotopic (exact) mass is 302 g/mol. The van der Waals surface area contributed by atoms with Crippen molar-refractivity contribution >= 4 is 12.0 Å². The average molecular weight is 302 g/mol. The van der Waals surface area contributed by atoms with E-state index in [2.05, 4.69) is 5.32 Å². The van der Waals surface area contributed by atoms with Gasteiger partial charge in [0.2, 0.25) is 0 Å². The first-order valence-electron chi connectivity index (χ1n) is 7.17. The fraction of sp³-hybridized carbons (Fsp3) is 0.846. The minimum atomic E-state index is -0.961. The van der Waals surface area contributed by atoms with E-state index in [4.69, 9.17) is 19.7 Å². The van der Waals surface area contributed by atoms with Crippen LogP contribution in [-0.4, -0.2) is 77.8 Å². The average Bonchev–Trinajstić information content (AvgIpc) is 2.93. The van der Waals surface area contributed by atoms with E-state index in [0.717, 1.165) is 0 Å². The van der Waals surface area contributed by atoms with Gasteiger partial charge in [0.25, 0.3) is 0 Å². The molecule has 8 nitrogen and oxygen atoms in total. The minimum Gasteiger partial charge on any atom is -0.479 e. The Balaban J connectivity index is 1.75. The summed E-state index contributed by atoms with van der Waals surface area (Å²) in [5.41, 5.74) is 0. The second kappa shape index (κ2) is 7.06. The molecule has 2 saturated heterocycles. The number of rotatable bonds is 4. The SMILES string of the molecule is CC1CN(C(=O)NCC2CCC(C(=O)O)O2)CC(CO)O1. The zero-order valence-electron chi connectivity index (χ0n) is 12.0. The van der Waals surface area contributed by atoms with Crippen LogP contribution in [0.1, 0.15) is 19.8 Å². The van der Waals surface area contributed by atoms with Gasteiger partial charge in [-0.05, 0) is 19.8 Å². The number of hydrogen-bond donors (Lipinski definition) is 3. The summed E-state index contributed by atoms with van der Waals surface area (Å²) in [4.78, 5) is 24.5. The van der Waals surface area contributed by atoms with Crippen LogP contribution in [0.15, 0.2) is 0 Å². The number of carbonyl (C=O) groups is 2. The number of morpholine rings is 1. The van der Waals surface area contributed by atoms with Gasteiger partial charge in [-0.25, -0.2) is 9.59 Å². The van der Waals surface area contributed by atoms with Crippen molar-refractivity contribution in [3.8, 4) is 0 Å². The maximum absolute atomic E-state index is 12.1. The molecule has 0 aromatic carbocycles. The predicted octanol–water partition coefficient (Wildman–Crippen LogP) is -0.590. The number of carboxylic acid groups (broad SMARTS) is 1. The summed E-state index contributed by atoms with van der Waals surface area (Å²) in [5, 5.41) is 20.7. The van der Waals surface area contributed by atoms with Crippen molar-refractivity contribution < 1.29 is 29.3 Å². The highest BCUT2D eigenvalue weighted by Crippen LogP contribution is 2.19. The van der Waals surface area contributed by atoms with Gasteiger partial charge in [0.15, 0.2) is 6.10 Å². The molecule has 0 radical (unpaired) electrons. The van der Waals surface area contributed by atoms with Gasteiger partial charge in [0.1, 0.15) is 0 Å². The molecule has 3 N–H and O–H groups in total. The minimum absolute atomic E-state index is 0.124. The number of hydrogen-bond acceptors (Lipinski definition) is 5. The second-order valence-corrected chi connectivity index (χ2v) is 5.50. The third kappa shape index (κ3) is 4.29. The largest absolute Gasteiger partial charge is 0.479 e. The molecule has 2 rings (SSSR count). The van der Waals surface area contributed by atoms with Crippen molar-refractivity contribution in [2.24, 2.45) is 0 Å². The van der Waals surface area contributed by atoms with E-state index in [1.807, 2.05) is 6.92 Å². The van der Waals surface area contributed by atoms with Crippen molar-refractivity contribution in [2.45, 2.75) is 44.2 Å². The van der Waals surface area contributed by atoms with Crippen LogP contribution in [-0.2, 0) is 14.3 Å². The molecule has 2 fully saturated rings. The molecule has 0 saturated carbocycles. The van der Waals surface area contributed by atoms with Gasteiger partial charge in [-0.3, -0.25) is 0 Å². The zero-order chi connectivity index (χ0) is 15.4. The van der Waals surface area contributed by atoms with Gasteiger partial charge >= 0.3 is 12.0 Å². The molecule has 2 aliphatic rings. The highest BCUT2D eigenvalue weighted by Gasteiger charge is 2.32. The predicted molar refractivity (Wildman–Crippen MR) is 71.9 cm³/mol. The smallest absolute Gasteiger partial charge is 0.332 e. The van der Waals surface area contributed by atoms with Crippen LogP contribution in [0.4, 0.5) is 4.79 Å². The van der Waals surface area contributed by atoms with Crippen molar-refractivity contribution in [1.82, 2.24) is 10.2 Å². The lowest BCUT2D eigenvalue weighted by atomic mass is 10.2. The molecule has 8 heteroatoms. The van der Waals surface area contributed by atoms with Gasteiger partial charge in [-0.15, -0.1) is 0 Å². The molecule has 21 heavy (non-hydrogen) atoms. The van der Waals surface area contributed by atoms with Crippen molar-refractivity contribution in [3.05, 3.63) is 0 Å². The number of carboxylic acids is 1. The van der Waals surface area contributed by atoms with Crippen LogP contribution in [0.3, 0.4) is 0 Å². The van der Waals surface area contributed by atoms with Gasteiger partial charge < -0.3 is 29.9 Å². The van der Waals surface area contributed by atoms with E-state index in [1.54, 1.807) is 4.90 Å². The molecule has 0 aromatic heterocycles. The van der Waals surface area contributed by atoms with Crippen LogP contribution in [0.25, 0.3) is 0 Å². The fourth-order valence-electron chi connectivity index (χ4n) is 2.66. The first-order chi connectivity index (χ1) is 9.99. The van der Waals surface area contributed by atoms with Crippen LogP contribution >= 0.6 is 0 Å². The first kappa shape index (κ1) is 16.0. The second-order valence-electron chi connectivity index (χ2n) is 5.50. The number of nitrogens with one attached hydrogen (secondary N) is 1. The number of aliphatic carboxylic acids is 1. The zero-order valence-corrected chi connectivity index (χ0v) is 12.0. The van der Waals surface area contributed by atoms with Gasteiger partial charge in [0, 0.05) is 13.1 Å². The molecule has 0 aromatic rings. The number of nitrogens with zero attached hydrogens (tertiary/aromatic N) is 1. The number of aliphatic hydroxyl groups is 1. The summed E-state index contributed by atoms with van der Waals surface area (Å²) in [6.07, 6.45) is -0.428. The summed E-state index contributed by atoms with van der Waals surface area (Å²) in [5.74, 6) is -0.961. The van der Waals surface area contributed by atoms with Crippen molar-refractivity contribution in [3.63, 3.8) is 0 Å². The molecular formula is C13H22N2O6. The highest BCUT2D eigenvalue weighted by atomic mass is 16.5. The maximum atomic E-state index is 12.1. The molecular weight excluding hydrogens is 280 g/mol. The Morgan fingerprint density at radius 2 is 2.00 bits per heavy atom. The molecule has 4 atom stereocenters. The van der Waals surface area contributed by atoms with E-state index in [0.29, 0.717) is 25.9 Å². The van der Waals surface area contributed by atoms with Crippen molar-refractivity contribution in [2.75, 3.05) is 26.2 Å². The summed E-state index contributed by atoms with van der Waals surface area (Å²) < 4.78 is 10.8. The molecule has 0 bridgehead atoms. The summed E-state index contributed by atoms with van der Waals surface area (Å²) >= 11 is 0. The highest BCUT2D eigenvalue weighted by molar-refractivity contribution is 5.74. The van der Waals surface area contributed by atoms with Gasteiger partial charge in [-0.2, -0.15) is 0 Å². The third-order valence-electron chi connectivity index (χ3n) is 3.68. The van der Waals surface area contributed by atoms with E-state index >= 15 is 0 Å². The lowest BCUT2D eigenvalue weighted by Crippen LogP contribution is -2.54. The summed E-state index contributed by atoms with van der Waals surface area (Å²) in [7, 11) is 0. The molecule has 2 amide bonds. The molecule has 0 aliphatic carbocycles. The third-order valence-corrected chi connectivity index (χ3v) is 3.68. The van der Waals surface area contributed by atoms with Crippen LogP contribution in [0.2, 0.25) is 0 Å². The van der Waals surface area contributed by atoms with Crippen LogP contribution in [0, 0.1) is 0 Å². The Morgan fingerprint density at radius 3 is 2.62 bits per heavy atom. The number of aliphatic hydroxyl groups excluding tert-OH is 1. The molecule has 120 valence electrons. The normalized spacial score (nSPS) is 33.0. The van der Waals surface area contributed by atoms with E-state index in [-0.39, 0.29) is 37.5 Å². The van der Waals surface area contributed by atoms with E-state index in [9.17, 15) is 9.59 Å². The topological polar surface area (TPSA) is 108 Å². The Kier molecular flexibility index (Phi) is 5.38. The van der Waals surface area contributed by atoms with E-state index in [1.165, 1.54) is 0 Å². The number of urea groups is 1.